The maximum absolute atomic E-state index is 12.3. The van der Waals surface area contributed by atoms with Crippen LogP contribution >= 0.6 is 0 Å². The number of anilines is 1. The van der Waals surface area contributed by atoms with E-state index in [9.17, 15) is 14.4 Å². The van der Waals surface area contributed by atoms with Crippen molar-refractivity contribution in [3.05, 3.63) is 47.2 Å². The van der Waals surface area contributed by atoms with Gasteiger partial charge in [0.1, 0.15) is 12.3 Å². The summed E-state index contributed by atoms with van der Waals surface area (Å²) in [5, 5.41) is 6.20. The molecule has 1 saturated heterocycles. The summed E-state index contributed by atoms with van der Waals surface area (Å²) in [5.74, 6) is -0.842. The van der Waals surface area contributed by atoms with Gasteiger partial charge in [-0.15, -0.1) is 0 Å². The minimum atomic E-state index is -0.671. The van der Waals surface area contributed by atoms with Crippen LogP contribution in [-0.2, 0) is 20.9 Å². The average Bonchev–Trinajstić information content (AvgIpc) is 2.99. The van der Waals surface area contributed by atoms with Crippen LogP contribution < -0.4 is 5.32 Å². The van der Waals surface area contributed by atoms with Crippen molar-refractivity contribution >= 4 is 23.5 Å². The first kappa shape index (κ1) is 17.7. The van der Waals surface area contributed by atoms with Crippen LogP contribution in [0.25, 0.3) is 0 Å². The Balaban J connectivity index is 1.57. The van der Waals surface area contributed by atoms with Gasteiger partial charge in [0.15, 0.2) is 5.82 Å². The fourth-order valence-electron chi connectivity index (χ4n) is 2.83. The molecule has 0 spiro atoms. The van der Waals surface area contributed by atoms with Crippen LogP contribution in [0.5, 0.6) is 0 Å². The zero-order valence-electron chi connectivity index (χ0n) is 14.7. The Bertz CT molecular complexity index is 845. The Morgan fingerprint density at radius 2 is 1.88 bits per heavy atom. The standard InChI is InChI=1S/C18H20N4O4/c1-12-4-3-5-14(8-12)10-21-6-7-22(18(25)17(21)24)11-16(23)19-15-9-13(2)26-20-15/h3-5,8-9H,6-7,10-11H2,1-2H3,(H,19,20,23). The van der Waals surface area contributed by atoms with Crippen molar-refractivity contribution in [3.8, 4) is 0 Å². The number of aryl methyl sites for hydroxylation is 2. The van der Waals surface area contributed by atoms with Crippen LogP contribution in [0, 0.1) is 13.8 Å². The maximum atomic E-state index is 12.3. The van der Waals surface area contributed by atoms with Crippen LogP contribution in [-0.4, -0.2) is 52.3 Å². The molecule has 136 valence electrons. The van der Waals surface area contributed by atoms with Crippen molar-refractivity contribution in [2.24, 2.45) is 0 Å². The molecule has 1 aliphatic heterocycles. The van der Waals surface area contributed by atoms with Gasteiger partial charge in [-0.1, -0.05) is 35.0 Å². The predicted molar refractivity (Wildman–Crippen MR) is 93.0 cm³/mol. The predicted octanol–water partition coefficient (Wildman–Crippen LogP) is 1.10. The van der Waals surface area contributed by atoms with Crippen molar-refractivity contribution < 1.29 is 18.9 Å². The number of rotatable bonds is 5. The van der Waals surface area contributed by atoms with Crippen molar-refractivity contribution in [2.45, 2.75) is 20.4 Å². The Labute approximate surface area is 150 Å². The molecule has 0 unspecified atom stereocenters. The van der Waals surface area contributed by atoms with Crippen molar-refractivity contribution in [3.63, 3.8) is 0 Å². The molecule has 1 N–H and O–H groups in total. The number of hydrogen-bond acceptors (Lipinski definition) is 5. The highest BCUT2D eigenvalue weighted by Gasteiger charge is 2.33. The minimum absolute atomic E-state index is 0.200. The number of amides is 3. The van der Waals surface area contributed by atoms with Gasteiger partial charge in [-0.3, -0.25) is 14.4 Å². The van der Waals surface area contributed by atoms with Gasteiger partial charge in [0.05, 0.1) is 0 Å². The van der Waals surface area contributed by atoms with E-state index in [2.05, 4.69) is 10.5 Å². The molecule has 1 aromatic heterocycles. The van der Waals surface area contributed by atoms with Crippen molar-refractivity contribution in [1.29, 1.82) is 0 Å². The van der Waals surface area contributed by atoms with Gasteiger partial charge >= 0.3 is 11.8 Å². The maximum Gasteiger partial charge on any atom is 0.312 e. The third kappa shape index (κ3) is 4.08. The Morgan fingerprint density at radius 1 is 1.15 bits per heavy atom. The van der Waals surface area contributed by atoms with E-state index in [1.807, 2.05) is 31.2 Å². The molecule has 0 bridgehead atoms. The lowest BCUT2D eigenvalue weighted by molar-refractivity contribution is -0.157. The Morgan fingerprint density at radius 3 is 2.58 bits per heavy atom. The SMILES string of the molecule is Cc1cccc(CN2CCN(CC(=O)Nc3cc(C)on3)C(=O)C2=O)c1. The van der Waals surface area contributed by atoms with E-state index < -0.39 is 17.7 Å². The van der Waals surface area contributed by atoms with Gasteiger partial charge in [0.25, 0.3) is 0 Å². The molecule has 0 aliphatic carbocycles. The second-order valence-corrected chi connectivity index (χ2v) is 6.31. The molecular weight excluding hydrogens is 336 g/mol. The molecule has 2 heterocycles. The van der Waals surface area contributed by atoms with Gasteiger partial charge in [-0.05, 0) is 19.4 Å². The number of piperazine rings is 1. The highest BCUT2D eigenvalue weighted by atomic mass is 16.5. The molecule has 0 saturated carbocycles. The first-order valence-electron chi connectivity index (χ1n) is 8.29. The summed E-state index contributed by atoms with van der Waals surface area (Å²) in [5.41, 5.74) is 2.07. The van der Waals surface area contributed by atoms with Gasteiger partial charge in [0, 0.05) is 25.7 Å². The first-order chi connectivity index (χ1) is 12.4. The van der Waals surface area contributed by atoms with E-state index >= 15 is 0 Å². The topological polar surface area (TPSA) is 95.8 Å². The van der Waals surface area contributed by atoms with Gasteiger partial charge in [-0.2, -0.15) is 0 Å². The number of aromatic nitrogens is 1. The quantitative estimate of drug-likeness (QED) is 0.810. The molecule has 3 rings (SSSR count). The summed E-state index contributed by atoms with van der Waals surface area (Å²) in [6.07, 6.45) is 0. The second-order valence-electron chi connectivity index (χ2n) is 6.31. The smallest absolute Gasteiger partial charge is 0.312 e. The fourth-order valence-corrected chi connectivity index (χ4v) is 2.83. The number of carbonyl (C=O) groups excluding carboxylic acids is 3. The van der Waals surface area contributed by atoms with Gasteiger partial charge in [-0.25, -0.2) is 0 Å². The van der Waals surface area contributed by atoms with E-state index in [4.69, 9.17) is 4.52 Å². The summed E-state index contributed by atoms with van der Waals surface area (Å²) in [4.78, 5) is 39.4. The van der Waals surface area contributed by atoms with Crippen molar-refractivity contribution in [1.82, 2.24) is 15.0 Å². The normalized spacial score (nSPS) is 14.7. The van der Waals surface area contributed by atoms with Crippen LogP contribution in [0.4, 0.5) is 5.82 Å². The fraction of sp³-hybridized carbons (Fsp3) is 0.333. The van der Waals surface area contributed by atoms with Crippen LogP contribution in [0.1, 0.15) is 16.9 Å². The monoisotopic (exact) mass is 356 g/mol. The summed E-state index contributed by atoms with van der Waals surface area (Å²) in [6.45, 7) is 4.55. The highest BCUT2D eigenvalue weighted by molar-refractivity contribution is 6.35. The van der Waals surface area contributed by atoms with E-state index in [1.165, 1.54) is 9.80 Å². The molecular formula is C18H20N4O4. The largest absolute Gasteiger partial charge is 0.360 e. The van der Waals surface area contributed by atoms with Crippen LogP contribution in [0.15, 0.2) is 34.9 Å². The lowest BCUT2D eigenvalue weighted by atomic mass is 10.1. The number of carbonyl (C=O) groups is 3. The highest BCUT2D eigenvalue weighted by Crippen LogP contribution is 2.13. The lowest BCUT2D eigenvalue weighted by Crippen LogP contribution is -2.55. The van der Waals surface area contributed by atoms with Crippen LogP contribution in [0.2, 0.25) is 0 Å². The Kier molecular flexibility index (Phi) is 5.01. The molecule has 26 heavy (non-hydrogen) atoms. The number of hydrogen-bond donors (Lipinski definition) is 1. The van der Waals surface area contributed by atoms with E-state index in [1.54, 1.807) is 13.0 Å². The molecule has 0 atom stereocenters. The third-order valence-corrected chi connectivity index (χ3v) is 4.08. The number of nitrogens with zero attached hydrogens (tertiary/aromatic N) is 3. The lowest BCUT2D eigenvalue weighted by Gasteiger charge is -2.33. The Hall–Kier alpha value is -3.16. The molecule has 3 amide bonds. The van der Waals surface area contributed by atoms with E-state index in [-0.39, 0.29) is 12.4 Å². The van der Waals surface area contributed by atoms with E-state index in [0.29, 0.717) is 25.4 Å². The molecule has 1 aromatic carbocycles. The van der Waals surface area contributed by atoms with Gasteiger partial charge in [0.2, 0.25) is 5.91 Å². The van der Waals surface area contributed by atoms with Crippen molar-refractivity contribution in [2.75, 3.05) is 25.0 Å². The molecule has 8 nitrogen and oxygen atoms in total. The zero-order chi connectivity index (χ0) is 18.7. The molecule has 1 aliphatic rings. The van der Waals surface area contributed by atoms with Crippen LogP contribution in [0.3, 0.4) is 0 Å². The average molecular weight is 356 g/mol. The third-order valence-electron chi connectivity index (χ3n) is 4.08. The number of nitrogens with one attached hydrogen (secondary N) is 1. The van der Waals surface area contributed by atoms with E-state index in [0.717, 1.165) is 11.1 Å². The molecule has 2 aromatic rings. The second kappa shape index (κ2) is 7.38. The summed E-state index contributed by atoms with van der Waals surface area (Å²) < 4.78 is 4.87. The summed E-state index contributed by atoms with van der Waals surface area (Å²) in [6, 6.07) is 9.37. The summed E-state index contributed by atoms with van der Waals surface area (Å²) in [7, 11) is 0. The van der Waals surface area contributed by atoms with Gasteiger partial charge < -0.3 is 19.6 Å². The molecule has 8 heteroatoms. The summed E-state index contributed by atoms with van der Waals surface area (Å²) >= 11 is 0. The molecule has 1 fully saturated rings. The zero-order valence-corrected chi connectivity index (χ0v) is 14.7. The first-order valence-corrected chi connectivity index (χ1v) is 8.29. The minimum Gasteiger partial charge on any atom is -0.360 e. The molecule has 0 radical (unpaired) electrons. The number of benzene rings is 1.